The second-order valence-corrected chi connectivity index (χ2v) is 7.77. The number of rotatable bonds is 10. The highest BCUT2D eigenvalue weighted by molar-refractivity contribution is 5.79. The van der Waals surface area contributed by atoms with E-state index in [0.717, 1.165) is 51.0 Å². The summed E-state index contributed by atoms with van der Waals surface area (Å²) in [5.74, 6) is 1.95. The van der Waals surface area contributed by atoms with Crippen LogP contribution in [0.2, 0.25) is 0 Å². The SMILES string of the molecule is CCCCCCC(C)NC(=NC)NCc1ccc(N2CCN(CC)CC2)nc1. The fourth-order valence-corrected chi connectivity index (χ4v) is 3.56. The molecule has 0 saturated carbocycles. The molecule has 1 atom stereocenters. The maximum absolute atomic E-state index is 4.68. The molecule has 1 aromatic rings. The Bertz CT molecular complexity index is 563. The molecule has 0 aromatic carbocycles. The molecule has 1 aliphatic heterocycles. The quantitative estimate of drug-likeness (QED) is 0.366. The van der Waals surface area contributed by atoms with Crippen LogP contribution in [0.3, 0.4) is 0 Å². The summed E-state index contributed by atoms with van der Waals surface area (Å²) in [6.45, 7) is 13.0. The van der Waals surface area contributed by atoms with Crippen molar-refractivity contribution in [2.24, 2.45) is 4.99 Å². The lowest BCUT2D eigenvalue weighted by molar-refractivity contribution is 0.270. The number of nitrogens with zero attached hydrogens (tertiary/aromatic N) is 4. The van der Waals surface area contributed by atoms with E-state index in [2.05, 4.69) is 63.3 Å². The van der Waals surface area contributed by atoms with Gasteiger partial charge in [-0.2, -0.15) is 0 Å². The first-order chi connectivity index (χ1) is 13.7. The number of aliphatic imine (C=N–C) groups is 1. The first kappa shape index (κ1) is 22.5. The van der Waals surface area contributed by atoms with Gasteiger partial charge >= 0.3 is 0 Å². The standard InChI is InChI=1S/C22H40N6/c1-5-7-8-9-10-19(3)26-22(23-4)25-18-20-11-12-21(24-17-20)28-15-13-27(6-2)14-16-28/h11-12,17,19H,5-10,13-16,18H2,1-4H3,(H2,23,25,26). The Hall–Kier alpha value is -1.82. The van der Waals surface area contributed by atoms with E-state index in [4.69, 9.17) is 0 Å². The summed E-state index contributed by atoms with van der Waals surface area (Å²) in [6.07, 6.45) is 8.37. The van der Waals surface area contributed by atoms with Gasteiger partial charge in [0.05, 0.1) is 0 Å². The molecule has 1 unspecified atom stereocenters. The van der Waals surface area contributed by atoms with Crippen LogP contribution < -0.4 is 15.5 Å². The van der Waals surface area contributed by atoms with Crippen LogP contribution in [-0.2, 0) is 6.54 Å². The summed E-state index contributed by atoms with van der Waals surface area (Å²) in [4.78, 5) is 13.9. The van der Waals surface area contributed by atoms with Crippen LogP contribution in [0.5, 0.6) is 0 Å². The monoisotopic (exact) mass is 388 g/mol. The molecule has 28 heavy (non-hydrogen) atoms. The molecule has 0 radical (unpaired) electrons. The van der Waals surface area contributed by atoms with Gasteiger partial charge in [0.25, 0.3) is 0 Å². The Morgan fingerprint density at radius 2 is 1.93 bits per heavy atom. The second-order valence-electron chi connectivity index (χ2n) is 7.77. The van der Waals surface area contributed by atoms with Crippen LogP contribution in [0.25, 0.3) is 0 Å². The van der Waals surface area contributed by atoms with Gasteiger partial charge in [-0.15, -0.1) is 0 Å². The van der Waals surface area contributed by atoms with Crippen LogP contribution in [0.1, 0.15) is 58.4 Å². The highest BCUT2D eigenvalue weighted by Crippen LogP contribution is 2.14. The minimum absolute atomic E-state index is 0.436. The Morgan fingerprint density at radius 3 is 2.54 bits per heavy atom. The molecular weight excluding hydrogens is 348 g/mol. The number of hydrogen-bond acceptors (Lipinski definition) is 4. The number of likely N-dealkylation sites (N-methyl/N-ethyl adjacent to an activating group) is 1. The van der Waals surface area contributed by atoms with Crippen LogP contribution in [-0.4, -0.2) is 61.7 Å². The molecule has 2 N–H and O–H groups in total. The van der Waals surface area contributed by atoms with Crippen molar-refractivity contribution in [2.75, 3.05) is 44.7 Å². The lowest BCUT2D eigenvalue weighted by Gasteiger charge is -2.34. The third kappa shape index (κ3) is 7.66. The molecule has 2 rings (SSSR count). The van der Waals surface area contributed by atoms with Gasteiger partial charge < -0.3 is 20.4 Å². The molecule has 0 bridgehead atoms. The predicted octanol–water partition coefficient (Wildman–Crippen LogP) is 3.25. The van der Waals surface area contributed by atoms with E-state index in [1.807, 2.05) is 13.2 Å². The maximum atomic E-state index is 4.68. The van der Waals surface area contributed by atoms with E-state index in [1.54, 1.807) is 0 Å². The number of pyridine rings is 1. The average molecular weight is 389 g/mol. The van der Waals surface area contributed by atoms with Gasteiger partial charge in [-0.3, -0.25) is 4.99 Å². The van der Waals surface area contributed by atoms with E-state index >= 15 is 0 Å². The zero-order chi connectivity index (χ0) is 20.2. The molecule has 158 valence electrons. The number of nitrogens with one attached hydrogen (secondary N) is 2. The molecule has 1 saturated heterocycles. The van der Waals surface area contributed by atoms with Crippen LogP contribution in [0.4, 0.5) is 5.82 Å². The Labute approximate surface area is 171 Å². The number of guanidine groups is 1. The van der Waals surface area contributed by atoms with Gasteiger partial charge in [0, 0.05) is 52.0 Å². The van der Waals surface area contributed by atoms with Gasteiger partial charge in [0.15, 0.2) is 5.96 Å². The van der Waals surface area contributed by atoms with Gasteiger partial charge in [-0.05, 0) is 31.5 Å². The number of aromatic nitrogens is 1. The Balaban J connectivity index is 1.74. The highest BCUT2D eigenvalue weighted by atomic mass is 15.3. The molecule has 0 aliphatic carbocycles. The lowest BCUT2D eigenvalue weighted by Crippen LogP contribution is -2.46. The lowest BCUT2D eigenvalue weighted by atomic mass is 10.1. The summed E-state index contributed by atoms with van der Waals surface area (Å²) in [5.41, 5.74) is 1.18. The first-order valence-corrected chi connectivity index (χ1v) is 11.1. The van der Waals surface area contributed by atoms with Crippen molar-refractivity contribution in [3.05, 3.63) is 23.9 Å². The molecule has 2 heterocycles. The highest BCUT2D eigenvalue weighted by Gasteiger charge is 2.16. The zero-order valence-electron chi connectivity index (χ0n) is 18.4. The van der Waals surface area contributed by atoms with Crippen molar-refractivity contribution >= 4 is 11.8 Å². The van der Waals surface area contributed by atoms with Gasteiger partial charge in [-0.1, -0.05) is 45.6 Å². The third-order valence-corrected chi connectivity index (χ3v) is 5.51. The molecule has 1 fully saturated rings. The predicted molar refractivity (Wildman–Crippen MR) is 120 cm³/mol. The topological polar surface area (TPSA) is 55.8 Å². The molecule has 6 nitrogen and oxygen atoms in total. The summed E-state index contributed by atoms with van der Waals surface area (Å²) in [7, 11) is 1.83. The third-order valence-electron chi connectivity index (χ3n) is 5.51. The minimum atomic E-state index is 0.436. The van der Waals surface area contributed by atoms with Crippen molar-refractivity contribution in [1.29, 1.82) is 0 Å². The zero-order valence-corrected chi connectivity index (χ0v) is 18.4. The average Bonchev–Trinajstić information content (AvgIpc) is 2.74. The molecule has 6 heteroatoms. The summed E-state index contributed by atoms with van der Waals surface area (Å²) in [6, 6.07) is 4.75. The summed E-state index contributed by atoms with van der Waals surface area (Å²) < 4.78 is 0. The van der Waals surface area contributed by atoms with E-state index in [-0.39, 0.29) is 0 Å². The fraction of sp³-hybridized carbons (Fsp3) is 0.727. The molecule has 1 aromatic heterocycles. The number of hydrogen-bond donors (Lipinski definition) is 2. The van der Waals surface area contributed by atoms with E-state index in [1.165, 1.54) is 37.7 Å². The van der Waals surface area contributed by atoms with Crippen molar-refractivity contribution in [3.63, 3.8) is 0 Å². The maximum Gasteiger partial charge on any atom is 0.191 e. The molecular formula is C22H40N6. The van der Waals surface area contributed by atoms with Gasteiger partial charge in [0.1, 0.15) is 5.82 Å². The number of anilines is 1. The van der Waals surface area contributed by atoms with Crippen molar-refractivity contribution < 1.29 is 0 Å². The van der Waals surface area contributed by atoms with Gasteiger partial charge in [-0.25, -0.2) is 4.98 Å². The molecule has 0 amide bonds. The van der Waals surface area contributed by atoms with Gasteiger partial charge in [0.2, 0.25) is 0 Å². The van der Waals surface area contributed by atoms with E-state index in [9.17, 15) is 0 Å². The van der Waals surface area contributed by atoms with Crippen LogP contribution >= 0.6 is 0 Å². The van der Waals surface area contributed by atoms with Crippen LogP contribution in [0.15, 0.2) is 23.3 Å². The summed E-state index contributed by atoms with van der Waals surface area (Å²) >= 11 is 0. The van der Waals surface area contributed by atoms with E-state index in [0.29, 0.717) is 6.04 Å². The molecule has 0 spiro atoms. The first-order valence-electron chi connectivity index (χ1n) is 11.1. The van der Waals surface area contributed by atoms with Crippen molar-refractivity contribution in [1.82, 2.24) is 20.5 Å². The normalized spacial score (nSPS) is 16.9. The van der Waals surface area contributed by atoms with Crippen LogP contribution in [0, 0.1) is 0 Å². The smallest absolute Gasteiger partial charge is 0.191 e. The number of piperazine rings is 1. The largest absolute Gasteiger partial charge is 0.354 e. The summed E-state index contributed by atoms with van der Waals surface area (Å²) in [5, 5.41) is 6.90. The Kier molecular flexibility index (Phi) is 10.1. The fourth-order valence-electron chi connectivity index (χ4n) is 3.56. The second kappa shape index (κ2) is 12.6. The van der Waals surface area contributed by atoms with E-state index < -0.39 is 0 Å². The Morgan fingerprint density at radius 1 is 1.14 bits per heavy atom. The van der Waals surface area contributed by atoms with Crippen molar-refractivity contribution in [3.8, 4) is 0 Å². The number of unbranched alkanes of at least 4 members (excludes halogenated alkanes) is 3. The molecule has 1 aliphatic rings. The van der Waals surface area contributed by atoms with Crippen molar-refractivity contribution in [2.45, 2.75) is 65.5 Å². The minimum Gasteiger partial charge on any atom is -0.354 e.